The number of ether oxygens (including phenoxy) is 3. The van der Waals surface area contributed by atoms with Gasteiger partial charge in [0.05, 0.1) is 19.5 Å². The molecule has 0 spiro atoms. The number of carbonyl (C=O) groups excluding carboxylic acids is 2. The molecule has 0 aliphatic rings. The largest absolute Gasteiger partial charge is 0.497 e. The summed E-state index contributed by atoms with van der Waals surface area (Å²) < 4.78 is 15.6. The Balaban J connectivity index is 2.21. The fraction of sp³-hybridized carbons (Fsp3) is 0.222. The lowest BCUT2D eigenvalue weighted by atomic mass is 10.1. The van der Waals surface area contributed by atoms with Gasteiger partial charge in [-0.3, -0.25) is 4.79 Å². The molecule has 0 fully saturated rings. The monoisotopic (exact) mass is 392 g/mol. The molecule has 0 aliphatic heterocycles. The molecule has 0 amide bonds. The molecule has 0 heterocycles. The lowest BCUT2D eigenvalue weighted by molar-refractivity contribution is 0.0595. The van der Waals surface area contributed by atoms with Gasteiger partial charge in [0.25, 0.3) is 0 Å². The highest BCUT2D eigenvalue weighted by molar-refractivity contribution is 9.09. The van der Waals surface area contributed by atoms with Gasteiger partial charge < -0.3 is 14.2 Å². The van der Waals surface area contributed by atoms with Crippen molar-refractivity contribution >= 4 is 27.7 Å². The number of rotatable bonds is 7. The quantitative estimate of drug-likeness (QED) is 0.408. The van der Waals surface area contributed by atoms with E-state index >= 15 is 0 Å². The van der Waals surface area contributed by atoms with Crippen LogP contribution in [0.15, 0.2) is 42.5 Å². The van der Waals surface area contributed by atoms with E-state index < -0.39 is 5.97 Å². The van der Waals surface area contributed by atoms with E-state index in [9.17, 15) is 9.59 Å². The van der Waals surface area contributed by atoms with Gasteiger partial charge in [-0.1, -0.05) is 28.1 Å². The summed E-state index contributed by atoms with van der Waals surface area (Å²) in [4.78, 5) is 23.7. The number of methoxy groups -OCH3 is 2. The van der Waals surface area contributed by atoms with Gasteiger partial charge in [-0.05, 0) is 35.9 Å². The van der Waals surface area contributed by atoms with E-state index in [1.807, 2.05) is 24.3 Å². The van der Waals surface area contributed by atoms with Crippen LogP contribution >= 0.6 is 15.9 Å². The zero-order valence-electron chi connectivity index (χ0n) is 13.4. The molecule has 2 rings (SSSR count). The van der Waals surface area contributed by atoms with Crippen LogP contribution in [0, 0.1) is 0 Å². The first-order chi connectivity index (χ1) is 11.6. The third-order valence-corrected chi connectivity index (χ3v) is 3.89. The van der Waals surface area contributed by atoms with Gasteiger partial charge in [-0.25, -0.2) is 4.79 Å². The minimum atomic E-state index is -0.552. The third kappa shape index (κ3) is 4.35. The average Bonchev–Trinajstić information content (AvgIpc) is 2.65. The first-order valence-corrected chi connectivity index (χ1v) is 8.28. The summed E-state index contributed by atoms with van der Waals surface area (Å²) in [5.41, 5.74) is 1.56. The minimum absolute atomic E-state index is 0.123. The molecule has 0 atom stereocenters. The standard InChI is InChI=1S/C18H17BrO5/c1-22-14-6-3-12(4-7-14)11-24-17-8-5-13(16(20)10-19)9-15(17)18(21)23-2/h3-9H,10-11H2,1-2H3. The molecule has 126 valence electrons. The molecule has 0 aromatic heterocycles. The molecule has 6 heteroatoms. The molecule has 0 saturated heterocycles. The van der Waals surface area contributed by atoms with E-state index in [0.29, 0.717) is 11.3 Å². The van der Waals surface area contributed by atoms with Crippen molar-refractivity contribution in [3.8, 4) is 11.5 Å². The number of esters is 1. The van der Waals surface area contributed by atoms with Crippen LogP contribution < -0.4 is 9.47 Å². The summed E-state index contributed by atoms with van der Waals surface area (Å²) in [5, 5.41) is 0.180. The van der Waals surface area contributed by atoms with Crippen molar-refractivity contribution < 1.29 is 23.8 Å². The average molecular weight is 393 g/mol. The van der Waals surface area contributed by atoms with Crippen LogP contribution in [0.3, 0.4) is 0 Å². The van der Waals surface area contributed by atoms with Gasteiger partial charge >= 0.3 is 5.97 Å². The molecule has 24 heavy (non-hydrogen) atoms. The molecule has 0 unspecified atom stereocenters. The first kappa shape index (κ1) is 18.0. The molecule has 2 aromatic carbocycles. The SMILES string of the molecule is COC(=O)c1cc(C(=O)CBr)ccc1OCc1ccc(OC)cc1. The van der Waals surface area contributed by atoms with Gasteiger partial charge in [0, 0.05) is 5.56 Å². The summed E-state index contributed by atoms with van der Waals surface area (Å²) in [5.74, 6) is 0.446. The van der Waals surface area contributed by atoms with Gasteiger partial charge in [0.2, 0.25) is 0 Å². The Kier molecular flexibility index (Phi) is 6.37. The number of ketones is 1. The highest BCUT2D eigenvalue weighted by atomic mass is 79.9. The Morgan fingerprint density at radius 2 is 1.75 bits per heavy atom. The van der Waals surface area contributed by atoms with Gasteiger partial charge in [0.15, 0.2) is 5.78 Å². The number of hydrogen-bond donors (Lipinski definition) is 0. The normalized spacial score (nSPS) is 10.1. The first-order valence-electron chi connectivity index (χ1n) is 7.16. The van der Waals surface area contributed by atoms with Crippen molar-refractivity contribution in [1.82, 2.24) is 0 Å². The zero-order valence-corrected chi connectivity index (χ0v) is 15.0. The number of benzene rings is 2. The molecule has 5 nitrogen and oxygen atoms in total. The number of alkyl halides is 1. The maximum Gasteiger partial charge on any atom is 0.341 e. The Hall–Kier alpha value is -2.34. The fourth-order valence-corrected chi connectivity index (χ4v) is 2.38. The maximum absolute atomic E-state index is 12.0. The number of carbonyl (C=O) groups is 2. The van der Waals surface area contributed by atoms with E-state index in [1.165, 1.54) is 13.2 Å². The summed E-state index contributed by atoms with van der Waals surface area (Å²) >= 11 is 3.11. The second kappa shape index (κ2) is 8.49. The predicted molar refractivity (Wildman–Crippen MR) is 93.2 cm³/mol. The molecule has 0 aliphatic carbocycles. The molecular formula is C18H17BrO5. The summed E-state index contributed by atoms with van der Waals surface area (Å²) in [6.45, 7) is 0.278. The second-order valence-electron chi connectivity index (χ2n) is 4.90. The second-order valence-corrected chi connectivity index (χ2v) is 5.46. The minimum Gasteiger partial charge on any atom is -0.497 e. The van der Waals surface area contributed by atoms with Crippen LogP contribution in [-0.4, -0.2) is 31.3 Å². The maximum atomic E-state index is 12.0. The number of Topliss-reactive ketones (excluding diaryl/α,β-unsaturated/α-hetero) is 1. The summed E-state index contributed by atoms with van der Waals surface area (Å²) in [7, 11) is 2.89. The van der Waals surface area contributed by atoms with Crippen molar-refractivity contribution in [2.75, 3.05) is 19.5 Å². The van der Waals surface area contributed by atoms with Crippen LogP contribution in [0.5, 0.6) is 11.5 Å². The molecule has 0 saturated carbocycles. The van der Waals surface area contributed by atoms with Crippen molar-refractivity contribution in [2.24, 2.45) is 0 Å². The molecule has 0 N–H and O–H groups in total. The predicted octanol–water partition coefficient (Wildman–Crippen LogP) is 3.64. The van der Waals surface area contributed by atoms with Crippen LogP contribution in [0.1, 0.15) is 26.3 Å². The van der Waals surface area contributed by atoms with Crippen LogP contribution in [0.25, 0.3) is 0 Å². The molecule has 0 radical (unpaired) electrons. The Bertz CT molecular complexity index is 725. The van der Waals surface area contributed by atoms with Crippen LogP contribution in [0.4, 0.5) is 0 Å². The molecule has 0 bridgehead atoms. The fourth-order valence-electron chi connectivity index (χ4n) is 2.06. The Morgan fingerprint density at radius 1 is 1.04 bits per heavy atom. The van der Waals surface area contributed by atoms with E-state index in [-0.39, 0.29) is 23.3 Å². The summed E-state index contributed by atoms with van der Waals surface area (Å²) in [6, 6.07) is 12.1. The lowest BCUT2D eigenvalue weighted by Crippen LogP contribution is -2.09. The lowest BCUT2D eigenvalue weighted by Gasteiger charge is -2.12. The van der Waals surface area contributed by atoms with Crippen LogP contribution in [-0.2, 0) is 11.3 Å². The summed E-state index contributed by atoms with van der Waals surface area (Å²) in [6.07, 6.45) is 0. The van der Waals surface area contributed by atoms with Crippen molar-refractivity contribution in [3.63, 3.8) is 0 Å². The van der Waals surface area contributed by atoms with Gasteiger partial charge in [-0.15, -0.1) is 0 Å². The van der Waals surface area contributed by atoms with E-state index in [4.69, 9.17) is 14.2 Å². The number of hydrogen-bond acceptors (Lipinski definition) is 5. The number of halogens is 1. The highest BCUT2D eigenvalue weighted by Gasteiger charge is 2.16. The van der Waals surface area contributed by atoms with E-state index in [0.717, 1.165) is 11.3 Å². The highest BCUT2D eigenvalue weighted by Crippen LogP contribution is 2.23. The van der Waals surface area contributed by atoms with E-state index in [1.54, 1.807) is 19.2 Å². The Morgan fingerprint density at radius 3 is 2.33 bits per heavy atom. The van der Waals surface area contributed by atoms with E-state index in [2.05, 4.69) is 15.9 Å². The van der Waals surface area contributed by atoms with Gasteiger partial charge in [-0.2, -0.15) is 0 Å². The Labute approximate surface area is 148 Å². The van der Waals surface area contributed by atoms with Crippen molar-refractivity contribution in [1.29, 1.82) is 0 Å². The van der Waals surface area contributed by atoms with Crippen molar-refractivity contribution in [3.05, 3.63) is 59.2 Å². The zero-order chi connectivity index (χ0) is 17.5. The molecule has 2 aromatic rings. The van der Waals surface area contributed by atoms with Crippen molar-refractivity contribution in [2.45, 2.75) is 6.61 Å². The third-order valence-electron chi connectivity index (χ3n) is 3.38. The van der Waals surface area contributed by atoms with Crippen LogP contribution in [0.2, 0.25) is 0 Å². The van der Waals surface area contributed by atoms with Gasteiger partial charge in [0.1, 0.15) is 23.7 Å². The topological polar surface area (TPSA) is 61.8 Å². The molecular weight excluding hydrogens is 376 g/mol. The smallest absolute Gasteiger partial charge is 0.341 e.